The van der Waals surface area contributed by atoms with Crippen molar-refractivity contribution in [3.8, 4) is 5.75 Å². The number of nitrogens with zero attached hydrogens (tertiary/aromatic N) is 1. The summed E-state index contributed by atoms with van der Waals surface area (Å²) < 4.78 is 0. The molecule has 1 amide bonds. The fourth-order valence-corrected chi connectivity index (χ4v) is 1.47. The third-order valence-electron chi connectivity index (χ3n) is 2.86. The molecule has 5 heteroatoms. The van der Waals surface area contributed by atoms with Gasteiger partial charge in [-0.15, -0.1) is 0 Å². The average Bonchev–Trinajstić information content (AvgIpc) is 2.37. The number of halogens is 1. The van der Waals surface area contributed by atoms with E-state index in [0.717, 1.165) is 12.1 Å². The van der Waals surface area contributed by atoms with E-state index in [-0.39, 0.29) is 11.3 Å². The van der Waals surface area contributed by atoms with Crippen LogP contribution in [0, 0.1) is 5.92 Å². The van der Waals surface area contributed by atoms with Crippen LogP contribution in [0.3, 0.4) is 0 Å². The molecule has 0 unspecified atom stereocenters. The van der Waals surface area contributed by atoms with E-state index in [0.29, 0.717) is 10.9 Å². The SMILES string of the molecule is CC[C@H](C)/C(C)=N\NC(=O)c1cc(Cl)ccc1O. The lowest BCUT2D eigenvalue weighted by Gasteiger charge is -2.08. The zero-order valence-electron chi connectivity index (χ0n) is 10.7. The normalized spacial score (nSPS) is 13.2. The van der Waals surface area contributed by atoms with E-state index >= 15 is 0 Å². The molecule has 4 nitrogen and oxygen atoms in total. The summed E-state index contributed by atoms with van der Waals surface area (Å²) in [4.78, 5) is 11.8. The number of hydrogen-bond acceptors (Lipinski definition) is 3. The highest BCUT2D eigenvalue weighted by Crippen LogP contribution is 2.21. The quantitative estimate of drug-likeness (QED) is 0.651. The van der Waals surface area contributed by atoms with Crippen molar-refractivity contribution in [3.63, 3.8) is 0 Å². The van der Waals surface area contributed by atoms with Crippen LogP contribution in [-0.4, -0.2) is 16.7 Å². The summed E-state index contributed by atoms with van der Waals surface area (Å²) in [7, 11) is 0. The molecule has 0 aliphatic rings. The zero-order valence-corrected chi connectivity index (χ0v) is 11.5. The second kappa shape index (κ2) is 6.40. The van der Waals surface area contributed by atoms with Crippen LogP contribution in [0.5, 0.6) is 5.75 Å². The first-order valence-corrected chi connectivity index (χ1v) is 6.16. The molecule has 18 heavy (non-hydrogen) atoms. The van der Waals surface area contributed by atoms with Gasteiger partial charge < -0.3 is 5.11 Å². The van der Waals surface area contributed by atoms with Crippen LogP contribution >= 0.6 is 11.6 Å². The van der Waals surface area contributed by atoms with Gasteiger partial charge in [-0.05, 0) is 37.5 Å². The highest BCUT2D eigenvalue weighted by Gasteiger charge is 2.11. The van der Waals surface area contributed by atoms with E-state index in [1.54, 1.807) is 0 Å². The van der Waals surface area contributed by atoms with Crippen LogP contribution in [0.4, 0.5) is 0 Å². The molecule has 1 aromatic rings. The van der Waals surface area contributed by atoms with Crippen LogP contribution in [0.15, 0.2) is 23.3 Å². The molecule has 1 aromatic carbocycles. The number of benzene rings is 1. The van der Waals surface area contributed by atoms with E-state index in [9.17, 15) is 9.90 Å². The molecule has 0 fully saturated rings. The first kappa shape index (κ1) is 14.5. The van der Waals surface area contributed by atoms with Gasteiger partial charge in [0.25, 0.3) is 5.91 Å². The van der Waals surface area contributed by atoms with Crippen LogP contribution in [0.1, 0.15) is 37.6 Å². The Bertz CT molecular complexity index is 472. The fraction of sp³-hybridized carbons (Fsp3) is 0.385. The summed E-state index contributed by atoms with van der Waals surface area (Å²) in [5.41, 5.74) is 3.37. The maximum atomic E-state index is 11.8. The predicted octanol–water partition coefficient (Wildman–Crippen LogP) is 3.20. The fourth-order valence-electron chi connectivity index (χ4n) is 1.29. The molecule has 98 valence electrons. The van der Waals surface area contributed by atoms with Gasteiger partial charge in [-0.25, -0.2) is 5.43 Å². The number of phenols is 1. The number of carbonyl (C=O) groups is 1. The van der Waals surface area contributed by atoms with Gasteiger partial charge >= 0.3 is 0 Å². The van der Waals surface area contributed by atoms with Gasteiger partial charge in [0.15, 0.2) is 0 Å². The Balaban J connectivity index is 2.80. The summed E-state index contributed by atoms with van der Waals surface area (Å²) in [6.45, 7) is 5.93. The van der Waals surface area contributed by atoms with E-state index < -0.39 is 5.91 Å². The Labute approximate surface area is 112 Å². The number of phenolic OH excluding ortho intramolecular Hbond substituents is 1. The summed E-state index contributed by atoms with van der Waals surface area (Å²) in [6, 6.07) is 4.30. The molecule has 0 bridgehead atoms. The van der Waals surface area contributed by atoms with Crippen LogP contribution < -0.4 is 5.43 Å². The average molecular weight is 269 g/mol. The topological polar surface area (TPSA) is 61.7 Å². The Hall–Kier alpha value is -1.55. The number of rotatable bonds is 4. The number of nitrogens with one attached hydrogen (secondary N) is 1. The Morgan fingerprint density at radius 3 is 2.83 bits per heavy atom. The van der Waals surface area contributed by atoms with Crippen molar-refractivity contribution in [1.82, 2.24) is 5.43 Å². The van der Waals surface area contributed by atoms with E-state index in [4.69, 9.17) is 11.6 Å². The number of hydrogen-bond donors (Lipinski definition) is 2. The van der Waals surface area contributed by atoms with E-state index in [1.807, 2.05) is 20.8 Å². The minimum Gasteiger partial charge on any atom is -0.507 e. The first-order chi connectivity index (χ1) is 8.45. The molecule has 0 saturated heterocycles. The van der Waals surface area contributed by atoms with Crippen molar-refractivity contribution < 1.29 is 9.90 Å². The van der Waals surface area contributed by atoms with Gasteiger partial charge in [-0.1, -0.05) is 25.4 Å². The van der Waals surface area contributed by atoms with Crippen LogP contribution in [0.25, 0.3) is 0 Å². The minimum absolute atomic E-state index is 0.114. The summed E-state index contributed by atoms with van der Waals surface area (Å²) in [5.74, 6) is -0.288. The standard InChI is InChI=1S/C13H17ClN2O2/c1-4-8(2)9(3)15-16-13(18)11-7-10(14)5-6-12(11)17/h5-8,17H,4H2,1-3H3,(H,16,18)/b15-9-/t8-/m0/s1. The van der Waals surface area contributed by atoms with Gasteiger partial charge in [-0.3, -0.25) is 4.79 Å². The van der Waals surface area contributed by atoms with Gasteiger partial charge in [0, 0.05) is 10.7 Å². The molecule has 1 rings (SSSR count). The van der Waals surface area contributed by atoms with Gasteiger partial charge in [0.1, 0.15) is 5.75 Å². The molecule has 0 saturated carbocycles. The molecule has 0 spiro atoms. The van der Waals surface area contributed by atoms with Crippen molar-refractivity contribution in [3.05, 3.63) is 28.8 Å². The highest BCUT2D eigenvalue weighted by molar-refractivity contribution is 6.31. The van der Waals surface area contributed by atoms with E-state index in [2.05, 4.69) is 10.5 Å². The third kappa shape index (κ3) is 3.74. The largest absolute Gasteiger partial charge is 0.507 e. The van der Waals surface area contributed by atoms with Crippen molar-refractivity contribution in [2.75, 3.05) is 0 Å². The number of amides is 1. The molecule has 0 aromatic heterocycles. The predicted molar refractivity (Wildman–Crippen MR) is 73.1 cm³/mol. The summed E-state index contributed by atoms with van der Waals surface area (Å²) in [6.07, 6.45) is 0.952. The van der Waals surface area contributed by atoms with Crippen LogP contribution in [0.2, 0.25) is 5.02 Å². The summed E-state index contributed by atoms with van der Waals surface area (Å²) >= 11 is 5.77. The molecular weight excluding hydrogens is 252 g/mol. The highest BCUT2D eigenvalue weighted by atomic mass is 35.5. The lowest BCUT2D eigenvalue weighted by molar-refractivity contribution is 0.0952. The smallest absolute Gasteiger partial charge is 0.275 e. The Morgan fingerprint density at radius 2 is 2.22 bits per heavy atom. The Kier molecular flexibility index (Phi) is 5.16. The van der Waals surface area contributed by atoms with Gasteiger partial charge in [0.05, 0.1) is 5.56 Å². The van der Waals surface area contributed by atoms with Crippen molar-refractivity contribution in [1.29, 1.82) is 0 Å². The maximum absolute atomic E-state index is 11.8. The lowest BCUT2D eigenvalue weighted by atomic mass is 10.1. The lowest BCUT2D eigenvalue weighted by Crippen LogP contribution is -2.21. The van der Waals surface area contributed by atoms with Crippen molar-refractivity contribution in [2.24, 2.45) is 11.0 Å². The zero-order chi connectivity index (χ0) is 13.7. The monoisotopic (exact) mass is 268 g/mol. The van der Waals surface area contributed by atoms with Crippen LogP contribution in [-0.2, 0) is 0 Å². The maximum Gasteiger partial charge on any atom is 0.275 e. The van der Waals surface area contributed by atoms with Crippen molar-refractivity contribution >= 4 is 23.2 Å². The first-order valence-electron chi connectivity index (χ1n) is 5.78. The molecular formula is C13H17ClN2O2. The molecule has 0 heterocycles. The molecule has 0 radical (unpaired) electrons. The van der Waals surface area contributed by atoms with Crippen molar-refractivity contribution in [2.45, 2.75) is 27.2 Å². The Morgan fingerprint density at radius 1 is 1.56 bits per heavy atom. The second-order valence-electron chi connectivity index (χ2n) is 4.16. The number of hydrazone groups is 1. The second-order valence-corrected chi connectivity index (χ2v) is 4.60. The number of carbonyl (C=O) groups excluding carboxylic acids is 1. The molecule has 2 N–H and O–H groups in total. The van der Waals surface area contributed by atoms with Gasteiger partial charge in [-0.2, -0.15) is 5.10 Å². The molecule has 0 aliphatic heterocycles. The number of aromatic hydroxyl groups is 1. The molecule has 0 aliphatic carbocycles. The van der Waals surface area contributed by atoms with Gasteiger partial charge in [0.2, 0.25) is 0 Å². The minimum atomic E-state index is -0.474. The molecule has 1 atom stereocenters. The third-order valence-corrected chi connectivity index (χ3v) is 3.10. The van der Waals surface area contributed by atoms with E-state index in [1.165, 1.54) is 18.2 Å². The summed E-state index contributed by atoms with van der Waals surface area (Å²) in [5, 5.41) is 14.0.